The molecule has 2 atom stereocenters. The van der Waals surface area contributed by atoms with Crippen molar-refractivity contribution in [1.82, 2.24) is 4.90 Å². The number of ether oxygens (including phenoxy) is 1. The Morgan fingerprint density at radius 1 is 1.36 bits per heavy atom. The molecule has 0 saturated carbocycles. The first-order valence-corrected chi connectivity index (χ1v) is 7.97. The zero-order valence-corrected chi connectivity index (χ0v) is 12.9. The number of benzene rings is 1. The fraction of sp³-hybridized carbons (Fsp3) is 0.588. The number of carbonyl (C=O) groups excluding carboxylic acids is 1. The molecular formula is C17H25NO4. The molecule has 1 heterocycles. The third-order valence-corrected chi connectivity index (χ3v) is 4.10. The van der Waals surface area contributed by atoms with E-state index in [9.17, 15) is 9.90 Å². The molecule has 5 heteroatoms. The predicted molar refractivity (Wildman–Crippen MR) is 83.3 cm³/mol. The lowest BCUT2D eigenvalue weighted by molar-refractivity contribution is 0.0786. The minimum Gasteiger partial charge on any atom is -0.445 e. The van der Waals surface area contributed by atoms with E-state index in [-0.39, 0.29) is 18.7 Å². The molecule has 1 amide bonds. The second-order valence-corrected chi connectivity index (χ2v) is 5.80. The molecule has 0 spiro atoms. The summed E-state index contributed by atoms with van der Waals surface area (Å²) in [5.74, 6) is 0. The van der Waals surface area contributed by atoms with Crippen LogP contribution in [-0.2, 0) is 11.3 Å². The zero-order chi connectivity index (χ0) is 15.8. The monoisotopic (exact) mass is 307 g/mol. The molecule has 0 radical (unpaired) electrons. The van der Waals surface area contributed by atoms with Gasteiger partial charge in [-0.2, -0.15) is 0 Å². The van der Waals surface area contributed by atoms with Crippen LogP contribution in [-0.4, -0.2) is 46.5 Å². The number of aliphatic hydroxyl groups is 2. The molecule has 5 nitrogen and oxygen atoms in total. The third kappa shape index (κ3) is 5.00. The molecule has 0 aromatic heterocycles. The van der Waals surface area contributed by atoms with Crippen molar-refractivity contribution in [3.63, 3.8) is 0 Å². The molecule has 0 unspecified atom stereocenters. The van der Waals surface area contributed by atoms with E-state index in [4.69, 9.17) is 9.84 Å². The van der Waals surface area contributed by atoms with Gasteiger partial charge in [0.05, 0.1) is 12.7 Å². The maximum Gasteiger partial charge on any atom is 0.410 e. The van der Waals surface area contributed by atoms with Crippen LogP contribution in [0.15, 0.2) is 30.3 Å². The van der Waals surface area contributed by atoms with Crippen molar-refractivity contribution in [3.05, 3.63) is 35.9 Å². The summed E-state index contributed by atoms with van der Waals surface area (Å²) in [6.45, 7) is 0.834. The van der Waals surface area contributed by atoms with Crippen LogP contribution in [0.3, 0.4) is 0 Å². The van der Waals surface area contributed by atoms with Gasteiger partial charge in [-0.15, -0.1) is 0 Å². The third-order valence-electron chi connectivity index (χ3n) is 4.10. The van der Waals surface area contributed by atoms with Crippen molar-refractivity contribution in [2.45, 2.75) is 50.9 Å². The number of amides is 1. The number of rotatable bonds is 7. The van der Waals surface area contributed by atoms with Crippen LogP contribution in [0.1, 0.15) is 37.7 Å². The lowest BCUT2D eigenvalue weighted by atomic mass is 10.1. The Labute approximate surface area is 131 Å². The highest BCUT2D eigenvalue weighted by Crippen LogP contribution is 2.23. The average molecular weight is 307 g/mol. The molecule has 2 rings (SSSR count). The van der Waals surface area contributed by atoms with Crippen LogP contribution in [0.4, 0.5) is 4.79 Å². The SMILES string of the molecule is O=C(OCc1ccccc1)N1CCC[C@H]1CCC[C@@H](O)CO. The summed E-state index contributed by atoms with van der Waals surface area (Å²) in [5.41, 5.74) is 0.984. The van der Waals surface area contributed by atoms with Gasteiger partial charge in [0.15, 0.2) is 0 Å². The van der Waals surface area contributed by atoms with Crippen LogP contribution in [0, 0.1) is 0 Å². The van der Waals surface area contributed by atoms with Crippen LogP contribution in [0.25, 0.3) is 0 Å². The first-order chi connectivity index (χ1) is 10.7. The zero-order valence-electron chi connectivity index (χ0n) is 12.9. The normalized spacial score (nSPS) is 19.2. The van der Waals surface area contributed by atoms with Crippen molar-refractivity contribution in [2.75, 3.05) is 13.2 Å². The number of hydrogen-bond donors (Lipinski definition) is 2. The van der Waals surface area contributed by atoms with Crippen molar-refractivity contribution in [1.29, 1.82) is 0 Å². The van der Waals surface area contributed by atoms with E-state index in [1.807, 2.05) is 30.3 Å². The molecule has 1 aromatic rings. The van der Waals surface area contributed by atoms with E-state index < -0.39 is 6.10 Å². The number of likely N-dealkylation sites (tertiary alicyclic amines) is 1. The second kappa shape index (κ2) is 8.76. The molecule has 2 N–H and O–H groups in total. The highest BCUT2D eigenvalue weighted by molar-refractivity contribution is 5.68. The molecule has 22 heavy (non-hydrogen) atoms. The molecule has 0 bridgehead atoms. The lowest BCUT2D eigenvalue weighted by Gasteiger charge is -2.24. The minimum atomic E-state index is -0.653. The van der Waals surface area contributed by atoms with Gasteiger partial charge in [-0.1, -0.05) is 30.3 Å². The number of nitrogens with zero attached hydrogens (tertiary/aromatic N) is 1. The highest BCUT2D eigenvalue weighted by Gasteiger charge is 2.29. The van der Waals surface area contributed by atoms with Gasteiger partial charge in [0.1, 0.15) is 6.61 Å². The topological polar surface area (TPSA) is 70.0 Å². The summed E-state index contributed by atoms with van der Waals surface area (Å²) in [4.78, 5) is 14.0. The fourth-order valence-electron chi connectivity index (χ4n) is 2.86. The standard InChI is InChI=1S/C17H25NO4/c19-12-16(20)10-4-8-15-9-5-11-18(15)17(21)22-13-14-6-2-1-3-7-14/h1-3,6-7,15-16,19-20H,4-5,8-13H2/t15-,16-/m1/s1. The van der Waals surface area contributed by atoms with Gasteiger partial charge in [-0.25, -0.2) is 4.79 Å². The quantitative estimate of drug-likeness (QED) is 0.811. The van der Waals surface area contributed by atoms with Gasteiger partial charge in [0, 0.05) is 12.6 Å². The Morgan fingerprint density at radius 3 is 2.86 bits per heavy atom. The summed E-state index contributed by atoms with van der Waals surface area (Å²) in [6.07, 6.45) is 3.28. The van der Waals surface area contributed by atoms with Crippen molar-refractivity contribution in [2.24, 2.45) is 0 Å². The number of hydrogen-bond acceptors (Lipinski definition) is 4. The van der Waals surface area contributed by atoms with Gasteiger partial charge in [-0.05, 0) is 37.7 Å². The largest absolute Gasteiger partial charge is 0.445 e. The van der Waals surface area contributed by atoms with Gasteiger partial charge in [-0.3, -0.25) is 0 Å². The average Bonchev–Trinajstić information content (AvgIpc) is 3.02. The molecule has 122 valence electrons. The first-order valence-electron chi connectivity index (χ1n) is 7.97. The summed E-state index contributed by atoms with van der Waals surface area (Å²) in [7, 11) is 0. The maximum atomic E-state index is 12.2. The second-order valence-electron chi connectivity index (χ2n) is 5.80. The molecule has 1 aromatic carbocycles. The number of carbonyl (C=O) groups is 1. The fourth-order valence-corrected chi connectivity index (χ4v) is 2.86. The van der Waals surface area contributed by atoms with Crippen molar-refractivity contribution < 1.29 is 19.7 Å². The Kier molecular flexibility index (Phi) is 6.68. The van der Waals surface area contributed by atoms with Gasteiger partial charge in [0.25, 0.3) is 0 Å². The van der Waals surface area contributed by atoms with E-state index in [1.54, 1.807) is 4.90 Å². The number of aliphatic hydroxyl groups excluding tert-OH is 2. The first kappa shape index (κ1) is 16.8. The minimum absolute atomic E-state index is 0.189. The van der Waals surface area contributed by atoms with Gasteiger partial charge >= 0.3 is 6.09 Å². The summed E-state index contributed by atoms with van der Waals surface area (Å²) < 4.78 is 5.39. The predicted octanol–water partition coefficient (Wildman–Crippen LogP) is 2.31. The molecule has 1 saturated heterocycles. The molecule has 1 fully saturated rings. The van der Waals surface area contributed by atoms with Crippen LogP contribution >= 0.6 is 0 Å². The summed E-state index contributed by atoms with van der Waals surface area (Å²) in [6, 6.07) is 9.84. The van der Waals surface area contributed by atoms with Crippen molar-refractivity contribution in [3.8, 4) is 0 Å². The van der Waals surface area contributed by atoms with Gasteiger partial charge < -0.3 is 19.8 Å². The molecular weight excluding hydrogens is 282 g/mol. The maximum absolute atomic E-state index is 12.2. The molecule has 0 aliphatic carbocycles. The van der Waals surface area contributed by atoms with E-state index in [0.717, 1.165) is 37.8 Å². The molecule has 1 aliphatic rings. The Balaban J connectivity index is 1.75. The van der Waals surface area contributed by atoms with E-state index >= 15 is 0 Å². The summed E-state index contributed by atoms with van der Waals surface area (Å²) in [5, 5.41) is 18.2. The Hall–Kier alpha value is -1.59. The Bertz CT molecular complexity index is 451. The summed E-state index contributed by atoms with van der Waals surface area (Å²) >= 11 is 0. The highest BCUT2D eigenvalue weighted by atomic mass is 16.6. The Morgan fingerprint density at radius 2 is 2.14 bits per heavy atom. The van der Waals surface area contributed by atoms with Crippen LogP contribution in [0.2, 0.25) is 0 Å². The van der Waals surface area contributed by atoms with E-state index in [2.05, 4.69) is 0 Å². The van der Waals surface area contributed by atoms with Gasteiger partial charge in [0.2, 0.25) is 0 Å². The van der Waals surface area contributed by atoms with E-state index in [0.29, 0.717) is 13.0 Å². The van der Waals surface area contributed by atoms with Crippen LogP contribution < -0.4 is 0 Å². The van der Waals surface area contributed by atoms with E-state index in [1.165, 1.54) is 0 Å². The smallest absolute Gasteiger partial charge is 0.410 e. The van der Waals surface area contributed by atoms with Crippen LogP contribution in [0.5, 0.6) is 0 Å². The lowest BCUT2D eigenvalue weighted by Crippen LogP contribution is -2.36. The van der Waals surface area contributed by atoms with Crippen molar-refractivity contribution >= 4 is 6.09 Å². The molecule has 1 aliphatic heterocycles.